The molecule has 1 aromatic heterocycles. The van der Waals surface area contributed by atoms with Gasteiger partial charge < -0.3 is 0 Å². The van der Waals surface area contributed by atoms with Crippen molar-refractivity contribution in [1.82, 2.24) is 9.29 Å². The van der Waals surface area contributed by atoms with Gasteiger partial charge in [-0.3, -0.25) is 9.36 Å². The molecule has 8 heteroatoms. The monoisotopic (exact) mass is 486 g/mol. The van der Waals surface area contributed by atoms with Crippen molar-refractivity contribution in [3.05, 3.63) is 98.6 Å². The van der Waals surface area contributed by atoms with Crippen LogP contribution in [0.1, 0.15) is 24.5 Å². The van der Waals surface area contributed by atoms with Crippen molar-refractivity contribution < 1.29 is 8.42 Å². The molecule has 0 radical (unpaired) electrons. The molecular weight excluding hydrogens is 464 g/mol. The topological polar surface area (TPSA) is 68.2 Å². The third-order valence-corrected chi connectivity index (χ3v) is 8.20. The minimum atomic E-state index is -3.70. The maximum absolute atomic E-state index is 12.9. The van der Waals surface area contributed by atoms with Crippen LogP contribution in [-0.4, -0.2) is 19.0 Å². The third kappa shape index (κ3) is 5.13. The summed E-state index contributed by atoms with van der Waals surface area (Å²) in [5.74, 6) is 0. The van der Waals surface area contributed by atoms with E-state index < -0.39 is 10.0 Å². The number of nitrogens with one attached hydrogen (secondary N) is 1. The maximum atomic E-state index is 12.9. The van der Waals surface area contributed by atoms with Gasteiger partial charge in [0.15, 0.2) is 0 Å². The molecule has 0 saturated carbocycles. The first-order chi connectivity index (χ1) is 15.3. The number of hydrogen-bond donors (Lipinski definition) is 1. The van der Waals surface area contributed by atoms with Gasteiger partial charge in [-0.05, 0) is 55.2 Å². The zero-order valence-corrected chi connectivity index (χ0v) is 19.9. The lowest BCUT2D eigenvalue weighted by molar-refractivity contribution is 0.547. The Kier molecular flexibility index (Phi) is 6.81. The Morgan fingerprint density at radius 1 is 1.03 bits per heavy atom. The number of sulfonamides is 1. The quantitative estimate of drug-likeness (QED) is 0.378. The summed E-state index contributed by atoms with van der Waals surface area (Å²) in [7, 11) is -3.70. The number of hydrogen-bond acceptors (Lipinski definition) is 4. The zero-order valence-electron chi connectivity index (χ0n) is 17.5. The second kappa shape index (κ2) is 9.58. The number of nitrogens with zero attached hydrogens (tertiary/aromatic N) is 1. The van der Waals surface area contributed by atoms with Crippen LogP contribution in [0.2, 0.25) is 5.02 Å². The normalized spacial score (nSPS) is 12.8. The molecule has 3 aromatic carbocycles. The molecule has 0 spiro atoms. The van der Waals surface area contributed by atoms with Crippen molar-refractivity contribution in [1.29, 1.82) is 0 Å². The first-order valence-corrected chi connectivity index (χ1v) is 12.9. The number of rotatable bonds is 8. The highest BCUT2D eigenvalue weighted by molar-refractivity contribution is 7.89. The minimum absolute atomic E-state index is 0.154. The molecule has 0 fully saturated rings. The highest BCUT2D eigenvalue weighted by atomic mass is 35.5. The van der Waals surface area contributed by atoms with Gasteiger partial charge in [0.05, 0.1) is 21.7 Å². The molecule has 1 N–H and O–H groups in total. The lowest BCUT2D eigenvalue weighted by Gasteiger charge is -2.14. The van der Waals surface area contributed by atoms with E-state index in [-0.39, 0.29) is 15.8 Å². The molecule has 1 atom stereocenters. The number of halogens is 1. The van der Waals surface area contributed by atoms with E-state index in [1.807, 2.05) is 55.5 Å². The highest BCUT2D eigenvalue weighted by Crippen LogP contribution is 2.24. The van der Waals surface area contributed by atoms with Gasteiger partial charge in [-0.15, -0.1) is 0 Å². The number of benzene rings is 3. The number of aromatic nitrogens is 1. The summed E-state index contributed by atoms with van der Waals surface area (Å²) in [6.45, 7) is 2.19. The molecule has 1 unspecified atom stereocenters. The Hall–Kier alpha value is -2.45. The molecule has 0 amide bonds. The van der Waals surface area contributed by atoms with Crippen molar-refractivity contribution in [3.8, 4) is 0 Å². The molecular formula is C24H23ClN2O3S2. The summed E-state index contributed by atoms with van der Waals surface area (Å²) < 4.78 is 30.8. The molecule has 4 aromatic rings. The second-order valence-electron chi connectivity index (χ2n) is 7.72. The molecule has 4 rings (SSSR count). The van der Waals surface area contributed by atoms with Gasteiger partial charge in [0.25, 0.3) is 0 Å². The molecule has 0 aliphatic rings. The van der Waals surface area contributed by atoms with E-state index in [9.17, 15) is 13.2 Å². The minimum Gasteiger partial charge on any atom is -0.294 e. The van der Waals surface area contributed by atoms with E-state index in [1.165, 1.54) is 5.56 Å². The van der Waals surface area contributed by atoms with Crippen LogP contribution in [0.3, 0.4) is 0 Å². The molecule has 0 aliphatic heterocycles. The highest BCUT2D eigenvalue weighted by Gasteiger charge is 2.19. The van der Waals surface area contributed by atoms with Crippen LogP contribution in [0.25, 0.3) is 10.2 Å². The average Bonchev–Trinajstić information content (AvgIpc) is 3.08. The number of fused-ring (bicyclic) bond motifs is 1. The van der Waals surface area contributed by atoms with Gasteiger partial charge in [-0.25, -0.2) is 13.1 Å². The fourth-order valence-corrected chi connectivity index (χ4v) is 6.08. The summed E-state index contributed by atoms with van der Waals surface area (Å²) >= 11 is 7.28. The van der Waals surface area contributed by atoms with Crippen LogP contribution in [0.15, 0.2) is 82.5 Å². The van der Waals surface area contributed by atoms with E-state index in [0.29, 0.717) is 28.2 Å². The SMILES string of the molecule is CC(CCc1ccccc1)NS(=O)(=O)c1ccc2c(c1)sc(=O)n2Cc1ccccc1Cl. The summed E-state index contributed by atoms with van der Waals surface area (Å²) in [5, 5.41) is 0.589. The summed E-state index contributed by atoms with van der Waals surface area (Å²) in [6, 6.07) is 21.9. The first-order valence-electron chi connectivity index (χ1n) is 10.3. The van der Waals surface area contributed by atoms with Crippen LogP contribution in [0.4, 0.5) is 0 Å². The van der Waals surface area contributed by atoms with Crippen molar-refractivity contribution in [2.45, 2.75) is 37.2 Å². The summed E-state index contributed by atoms with van der Waals surface area (Å²) in [6.07, 6.45) is 1.48. The largest absolute Gasteiger partial charge is 0.308 e. The van der Waals surface area contributed by atoms with Crippen LogP contribution in [-0.2, 0) is 23.0 Å². The fourth-order valence-electron chi connectivity index (χ4n) is 3.58. The molecule has 166 valence electrons. The molecule has 1 heterocycles. The van der Waals surface area contributed by atoms with Gasteiger partial charge in [-0.2, -0.15) is 0 Å². The standard InChI is InChI=1S/C24H23ClN2O3S2/c1-17(11-12-18-7-3-2-4-8-18)26-32(29,30)20-13-14-22-23(15-20)31-24(28)27(22)16-19-9-5-6-10-21(19)25/h2-10,13-15,17,26H,11-12,16H2,1H3. The fraction of sp³-hybridized carbons (Fsp3) is 0.208. The molecule has 0 bridgehead atoms. The maximum Gasteiger partial charge on any atom is 0.308 e. The van der Waals surface area contributed by atoms with E-state index in [1.54, 1.807) is 28.8 Å². The summed E-state index contributed by atoms with van der Waals surface area (Å²) in [5.41, 5.74) is 2.70. The lowest BCUT2D eigenvalue weighted by atomic mass is 10.1. The number of aryl methyl sites for hydroxylation is 1. The Morgan fingerprint density at radius 2 is 1.75 bits per heavy atom. The van der Waals surface area contributed by atoms with Gasteiger partial charge in [-0.1, -0.05) is 71.5 Å². The second-order valence-corrected chi connectivity index (χ2v) is 10.8. The summed E-state index contributed by atoms with van der Waals surface area (Å²) in [4.78, 5) is 12.6. The molecule has 32 heavy (non-hydrogen) atoms. The Morgan fingerprint density at radius 3 is 2.50 bits per heavy atom. The Labute approximate surface area is 196 Å². The number of thiazole rings is 1. The lowest BCUT2D eigenvalue weighted by Crippen LogP contribution is -2.32. The third-order valence-electron chi connectivity index (χ3n) is 5.30. The van der Waals surface area contributed by atoms with E-state index in [2.05, 4.69) is 4.72 Å². The Balaban J connectivity index is 1.53. The van der Waals surface area contributed by atoms with Crippen molar-refractivity contribution in [2.24, 2.45) is 0 Å². The molecule has 0 saturated heterocycles. The zero-order chi connectivity index (χ0) is 22.7. The van der Waals surface area contributed by atoms with Crippen LogP contribution in [0, 0.1) is 0 Å². The van der Waals surface area contributed by atoms with E-state index in [0.717, 1.165) is 23.3 Å². The van der Waals surface area contributed by atoms with Crippen molar-refractivity contribution in [3.63, 3.8) is 0 Å². The van der Waals surface area contributed by atoms with Crippen LogP contribution in [0.5, 0.6) is 0 Å². The van der Waals surface area contributed by atoms with Crippen LogP contribution < -0.4 is 9.60 Å². The van der Waals surface area contributed by atoms with Crippen molar-refractivity contribution in [2.75, 3.05) is 0 Å². The van der Waals surface area contributed by atoms with Gasteiger partial charge >= 0.3 is 4.87 Å². The first kappa shape index (κ1) is 22.7. The van der Waals surface area contributed by atoms with Gasteiger partial charge in [0, 0.05) is 11.1 Å². The van der Waals surface area contributed by atoms with E-state index >= 15 is 0 Å². The Bertz CT molecular complexity index is 1400. The van der Waals surface area contributed by atoms with Crippen LogP contribution >= 0.6 is 22.9 Å². The predicted molar refractivity (Wildman–Crippen MR) is 131 cm³/mol. The smallest absolute Gasteiger partial charge is 0.294 e. The molecule has 0 aliphatic carbocycles. The van der Waals surface area contributed by atoms with Gasteiger partial charge in [0.2, 0.25) is 10.0 Å². The van der Waals surface area contributed by atoms with Crippen molar-refractivity contribution >= 4 is 43.2 Å². The predicted octanol–water partition coefficient (Wildman–Crippen LogP) is 5.06. The molecule has 5 nitrogen and oxygen atoms in total. The van der Waals surface area contributed by atoms with Gasteiger partial charge in [0.1, 0.15) is 0 Å². The van der Waals surface area contributed by atoms with E-state index in [4.69, 9.17) is 11.6 Å². The average molecular weight is 487 g/mol.